The zero-order chi connectivity index (χ0) is 13.0. The largest absolute Gasteiger partial charge is 0.489 e. The maximum Gasteiger partial charge on any atom is 0.231 e. The van der Waals surface area contributed by atoms with Crippen molar-refractivity contribution < 1.29 is 9.53 Å². The highest BCUT2D eigenvalue weighted by Crippen LogP contribution is 2.21. The van der Waals surface area contributed by atoms with Crippen LogP contribution in [0.2, 0.25) is 0 Å². The molecule has 0 aromatic carbocycles. The number of hydrogen-bond donors (Lipinski definition) is 1. The molecule has 98 valence electrons. The van der Waals surface area contributed by atoms with Gasteiger partial charge in [-0.05, 0) is 34.8 Å². The summed E-state index contributed by atoms with van der Waals surface area (Å²) >= 11 is 3.36. The van der Waals surface area contributed by atoms with Crippen molar-refractivity contribution in [1.29, 1.82) is 0 Å². The first-order valence-electron chi connectivity index (χ1n) is 5.91. The van der Waals surface area contributed by atoms with Crippen LogP contribution in [0.1, 0.15) is 12.8 Å². The number of nitrogens with zero attached hydrogens (tertiary/aromatic N) is 2. The highest BCUT2D eigenvalue weighted by Gasteiger charge is 2.21. The van der Waals surface area contributed by atoms with Gasteiger partial charge in [-0.1, -0.05) is 0 Å². The molecule has 1 aliphatic rings. The number of nitrogens with two attached hydrogens (primary N) is 1. The van der Waals surface area contributed by atoms with Gasteiger partial charge in [-0.25, -0.2) is 0 Å². The van der Waals surface area contributed by atoms with Gasteiger partial charge in [0, 0.05) is 23.8 Å². The molecule has 1 amide bonds. The standard InChI is InChI=1S/C12H16BrN3O2/c13-9-5-11(7-15-6-9)18-10-1-3-16(4-2-10)8-12(14)17/h5-7,10H,1-4,8H2,(H2,14,17). The molecule has 5 nitrogen and oxygen atoms in total. The molecule has 2 rings (SSSR count). The van der Waals surface area contributed by atoms with E-state index in [4.69, 9.17) is 10.5 Å². The van der Waals surface area contributed by atoms with Gasteiger partial charge >= 0.3 is 0 Å². The smallest absolute Gasteiger partial charge is 0.231 e. The number of amides is 1. The summed E-state index contributed by atoms with van der Waals surface area (Å²) in [7, 11) is 0. The van der Waals surface area contributed by atoms with E-state index in [1.807, 2.05) is 6.07 Å². The summed E-state index contributed by atoms with van der Waals surface area (Å²) < 4.78 is 6.76. The van der Waals surface area contributed by atoms with Gasteiger partial charge in [0.15, 0.2) is 0 Å². The molecule has 1 aliphatic heterocycles. The van der Waals surface area contributed by atoms with Crippen molar-refractivity contribution in [2.24, 2.45) is 5.73 Å². The lowest BCUT2D eigenvalue weighted by molar-refractivity contribution is -0.119. The Morgan fingerprint density at radius 2 is 2.22 bits per heavy atom. The molecular formula is C12H16BrN3O2. The summed E-state index contributed by atoms with van der Waals surface area (Å²) in [6.45, 7) is 2.02. The van der Waals surface area contributed by atoms with Crippen LogP contribution in [-0.2, 0) is 4.79 Å². The molecule has 1 saturated heterocycles. The predicted molar refractivity (Wildman–Crippen MR) is 71.2 cm³/mol. The predicted octanol–water partition coefficient (Wildman–Crippen LogP) is 1.17. The molecule has 2 N–H and O–H groups in total. The zero-order valence-electron chi connectivity index (χ0n) is 10.0. The third-order valence-electron chi connectivity index (χ3n) is 2.90. The van der Waals surface area contributed by atoms with Crippen molar-refractivity contribution in [2.45, 2.75) is 18.9 Å². The Labute approximate surface area is 114 Å². The van der Waals surface area contributed by atoms with Crippen molar-refractivity contribution in [1.82, 2.24) is 9.88 Å². The van der Waals surface area contributed by atoms with Crippen LogP contribution in [-0.4, -0.2) is 41.5 Å². The monoisotopic (exact) mass is 313 g/mol. The fourth-order valence-electron chi connectivity index (χ4n) is 2.05. The van der Waals surface area contributed by atoms with Gasteiger partial charge in [-0.15, -0.1) is 0 Å². The second kappa shape index (κ2) is 6.15. The summed E-state index contributed by atoms with van der Waals surface area (Å²) in [5.74, 6) is 0.503. The zero-order valence-corrected chi connectivity index (χ0v) is 11.6. The maximum atomic E-state index is 10.8. The molecule has 1 aromatic heterocycles. The SMILES string of the molecule is NC(=O)CN1CCC(Oc2cncc(Br)c2)CC1. The lowest BCUT2D eigenvalue weighted by Gasteiger charge is -2.31. The maximum absolute atomic E-state index is 10.8. The fraction of sp³-hybridized carbons (Fsp3) is 0.500. The summed E-state index contributed by atoms with van der Waals surface area (Å²) in [5.41, 5.74) is 5.17. The average Bonchev–Trinajstić information content (AvgIpc) is 2.31. The molecule has 6 heteroatoms. The van der Waals surface area contributed by atoms with Crippen molar-refractivity contribution in [3.63, 3.8) is 0 Å². The van der Waals surface area contributed by atoms with Gasteiger partial charge < -0.3 is 10.5 Å². The van der Waals surface area contributed by atoms with E-state index in [9.17, 15) is 4.79 Å². The van der Waals surface area contributed by atoms with Gasteiger partial charge in [-0.2, -0.15) is 0 Å². The molecule has 0 aliphatic carbocycles. The lowest BCUT2D eigenvalue weighted by atomic mass is 10.1. The number of hydrogen-bond acceptors (Lipinski definition) is 4. The van der Waals surface area contributed by atoms with E-state index >= 15 is 0 Å². The molecular weight excluding hydrogens is 298 g/mol. The Hall–Kier alpha value is -1.14. The van der Waals surface area contributed by atoms with E-state index in [1.165, 1.54) is 0 Å². The van der Waals surface area contributed by atoms with Crippen LogP contribution in [0.4, 0.5) is 0 Å². The van der Waals surface area contributed by atoms with Crippen LogP contribution in [0.15, 0.2) is 22.9 Å². The second-order valence-electron chi connectivity index (χ2n) is 4.40. The Kier molecular flexibility index (Phi) is 4.54. The molecule has 0 bridgehead atoms. The van der Waals surface area contributed by atoms with E-state index in [0.29, 0.717) is 6.54 Å². The van der Waals surface area contributed by atoms with Crippen LogP contribution >= 0.6 is 15.9 Å². The van der Waals surface area contributed by atoms with Gasteiger partial charge in [-0.3, -0.25) is 14.7 Å². The topological polar surface area (TPSA) is 68.5 Å². The highest BCUT2D eigenvalue weighted by atomic mass is 79.9. The van der Waals surface area contributed by atoms with Gasteiger partial charge in [0.05, 0.1) is 12.7 Å². The first-order valence-corrected chi connectivity index (χ1v) is 6.70. The summed E-state index contributed by atoms with van der Waals surface area (Å²) in [5, 5.41) is 0. The number of likely N-dealkylation sites (tertiary alicyclic amines) is 1. The number of carbonyl (C=O) groups excluding carboxylic acids is 1. The van der Waals surface area contributed by atoms with Gasteiger partial charge in [0.1, 0.15) is 11.9 Å². The van der Waals surface area contributed by atoms with E-state index in [0.717, 1.165) is 36.2 Å². The third kappa shape index (κ3) is 3.96. The molecule has 0 atom stereocenters. The normalized spacial score (nSPS) is 17.6. The van der Waals surface area contributed by atoms with Crippen molar-refractivity contribution in [3.8, 4) is 5.75 Å². The van der Waals surface area contributed by atoms with Crippen molar-refractivity contribution in [2.75, 3.05) is 19.6 Å². The van der Waals surface area contributed by atoms with Crippen molar-refractivity contribution >= 4 is 21.8 Å². The van der Waals surface area contributed by atoms with Crippen LogP contribution in [0.5, 0.6) is 5.75 Å². The number of pyridine rings is 1. The Morgan fingerprint density at radius 3 is 2.83 bits per heavy atom. The number of halogens is 1. The number of rotatable bonds is 4. The average molecular weight is 314 g/mol. The van der Waals surface area contributed by atoms with Crippen LogP contribution in [0, 0.1) is 0 Å². The molecule has 1 fully saturated rings. The molecule has 18 heavy (non-hydrogen) atoms. The van der Waals surface area contributed by atoms with Crippen molar-refractivity contribution in [3.05, 3.63) is 22.9 Å². The number of carbonyl (C=O) groups is 1. The quantitative estimate of drug-likeness (QED) is 0.906. The Balaban J connectivity index is 1.81. The minimum absolute atomic E-state index is 0.185. The molecule has 0 radical (unpaired) electrons. The minimum Gasteiger partial charge on any atom is -0.489 e. The van der Waals surface area contributed by atoms with E-state index < -0.39 is 0 Å². The third-order valence-corrected chi connectivity index (χ3v) is 3.33. The minimum atomic E-state index is -0.273. The second-order valence-corrected chi connectivity index (χ2v) is 5.31. The first-order chi connectivity index (χ1) is 8.63. The number of primary amides is 1. The summed E-state index contributed by atoms with van der Waals surface area (Å²) in [6.07, 6.45) is 5.42. The molecule has 0 saturated carbocycles. The Morgan fingerprint density at radius 1 is 1.50 bits per heavy atom. The van der Waals surface area contributed by atoms with Gasteiger partial charge in [0.25, 0.3) is 0 Å². The lowest BCUT2D eigenvalue weighted by Crippen LogP contribution is -2.42. The van der Waals surface area contributed by atoms with E-state index in [1.54, 1.807) is 12.4 Å². The number of aromatic nitrogens is 1. The van der Waals surface area contributed by atoms with E-state index in [2.05, 4.69) is 25.8 Å². The summed E-state index contributed by atoms with van der Waals surface area (Å²) in [6, 6.07) is 1.91. The van der Waals surface area contributed by atoms with Gasteiger partial charge in [0.2, 0.25) is 5.91 Å². The summed E-state index contributed by atoms with van der Waals surface area (Å²) in [4.78, 5) is 16.9. The molecule has 0 unspecified atom stereocenters. The number of piperidine rings is 1. The fourth-order valence-corrected chi connectivity index (χ4v) is 2.40. The van der Waals surface area contributed by atoms with Crippen LogP contribution in [0.3, 0.4) is 0 Å². The highest BCUT2D eigenvalue weighted by molar-refractivity contribution is 9.10. The van der Waals surface area contributed by atoms with Crippen LogP contribution in [0.25, 0.3) is 0 Å². The Bertz CT molecular complexity index is 420. The van der Waals surface area contributed by atoms with Crippen LogP contribution < -0.4 is 10.5 Å². The number of ether oxygens (including phenoxy) is 1. The molecule has 2 heterocycles. The molecule has 0 spiro atoms. The first kappa shape index (κ1) is 13.3. The molecule has 1 aromatic rings. The van der Waals surface area contributed by atoms with E-state index in [-0.39, 0.29) is 12.0 Å².